The lowest BCUT2D eigenvalue weighted by Crippen LogP contribution is -2.07. The first-order chi connectivity index (χ1) is 9.10. The van der Waals surface area contributed by atoms with Gasteiger partial charge >= 0.3 is 0 Å². The van der Waals surface area contributed by atoms with Crippen molar-refractivity contribution >= 4 is 33.2 Å². The second kappa shape index (κ2) is 6.10. The minimum Gasteiger partial charge on any atom is -0.378 e. The Morgan fingerprint density at radius 1 is 1.26 bits per heavy atom. The summed E-state index contributed by atoms with van der Waals surface area (Å²) in [6.07, 6.45) is 0. The number of nitriles is 1. The Morgan fingerprint density at radius 2 is 2.05 bits per heavy atom. The predicted molar refractivity (Wildman–Crippen MR) is 82.3 cm³/mol. The Hall–Kier alpha value is -1.50. The third-order valence-electron chi connectivity index (χ3n) is 2.82. The zero-order valence-corrected chi connectivity index (χ0v) is 12.7. The molecule has 0 bridgehead atoms. The van der Waals surface area contributed by atoms with Crippen molar-refractivity contribution < 1.29 is 0 Å². The van der Waals surface area contributed by atoms with Crippen LogP contribution in [0.4, 0.5) is 5.69 Å². The Balaban J connectivity index is 2.20. The summed E-state index contributed by atoms with van der Waals surface area (Å²) < 4.78 is 0.875. The van der Waals surface area contributed by atoms with E-state index in [-0.39, 0.29) is 6.04 Å². The van der Waals surface area contributed by atoms with Crippen molar-refractivity contribution in [2.45, 2.75) is 13.0 Å². The van der Waals surface area contributed by atoms with Crippen LogP contribution in [0, 0.1) is 11.3 Å². The van der Waals surface area contributed by atoms with Gasteiger partial charge in [0.15, 0.2) is 0 Å². The van der Waals surface area contributed by atoms with E-state index in [1.54, 1.807) is 12.1 Å². The quantitative estimate of drug-likeness (QED) is 0.842. The number of halogens is 2. The van der Waals surface area contributed by atoms with Gasteiger partial charge in [0.2, 0.25) is 0 Å². The summed E-state index contributed by atoms with van der Waals surface area (Å²) in [6, 6.07) is 15.5. The molecule has 0 saturated heterocycles. The minimum atomic E-state index is 0.128. The molecule has 0 amide bonds. The molecule has 2 rings (SSSR count). The fraction of sp³-hybridized carbons (Fsp3) is 0.133. The van der Waals surface area contributed by atoms with Crippen molar-refractivity contribution in [3.05, 3.63) is 63.1 Å². The molecule has 0 aliphatic rings. The van der Waals surface area contributed by atoms with Gasteiger partial charge in [0, 0.05) is 21.2 Å². The first-order valence-corrected chi connectivity index (χ1v) is 6.99. The van der Waals surface area contributed by atoms with Gasteiger partial charge in [0.1, 0.15) is 0 Å². The molecule has 96 valence electrons. The number of rotatable bonds is 3. The molecule has 0 saturated carbocycles. The van der Waals surface area contributed by atoms with E-state index in [0.717, 1.165) is 20.7 Å². The highest BCUT2D eigenvalue weighted by molar-refractivity contribution is 9.10. The molecule has 0 fully saturated rings. The van der Waals surface area contributed by atoms with E-state index >= 15 is 0 Å². The van der Waals surface area contributed by atoms with Crippen LogP contribution in [0.25, 0.3) is 0 Å². The maximum absolute atomic E-state index is 8.84. The van der Waals surface area contributed by atoms with Crippen molar-refractivity contribution in [2.24, 2.45) is 0 Å². The molecule has 0 aliphatic carbocycles. The maximum Gasteiger partial charge on any atom is 0.0992 e. The monoisotopic (exact) mass is 334 g/mol. The van der Waals surface area contributed by atoms with Crippen LogP contribution >= 0.6 is 27.5 Å². The third kappa shape index (κ3) is 3.50. The third-order valence-corrected chi connectivity index (χ3v) is 3.71. The molecule has 1 atom stereocenters. The van der Waals surface area contributed by atoms with Crippen LogP contribution in [-0.4, -0.2) is 0 Å². The zero-order valence-electron chi connectivity index (χ0n) is 10.3. The Morgan fingerprint density at radius 3 is 2.68 bits per heavy atom. The number of benzene rings is 2. The smallest absolute Gasteiger partial charge is 0.0992 e. The van der Waals surface area contributed by atoms with Crippen molar-refractivity contribution in [1.82, 2.24) is 0 Å². The number of anilines is 1. The lowest BCUT2D eigenvalue weighted by molar-refractivity contribution is 0.883. The molecule has 2 aromatic carbocycles. The van der Waals surface area contributed by atoms with E-state index in [9.17, 15) is 0 Å². The summed E-state index contributed by atoms with van der Waals surface area (Å²) in [4.78, 5) is 0. The van der Waals surface area contributed by atoms with Gasteiger partial charge in [-0.05, 0) is 58.7 Å². The van der Waals surface area contributed by atoms with Gasteiger partial charge in [0.05, 0.1) is 11.6 Å². The lowest BCUT2D eigenvalue weighted by atomic mass is 10.1. The zero-order chi connectivity index (χ0) is 13.8. The average molecular weight is 336 g/mol. The fourth-order valence-electron chi connectivity index (χ4n) is 1.79. The molecular formula is C15H12BrClN2. The Bertz CT molecular complexity index is 634. The number of nitrogens with zero attached hydrogens (tertiary/aromatic N) is 1. The van der Waals surface area contributed by atoms with Crippen LogP contribution in [0.5, 0.6) is 0 Å². The molecule has 2 aromatic rings. The molecule has 1 N–H and O–H groups in total. The molecule has 0 aromatic heterocycles. The van der Waals surface area contributed by atoms with Gasteiger partial charge in [-0.25, -0.2) is 0 Å². The standard InChI is InChI=1S/C15H12BrClN2/c1-10(12-3-2-4-13(17)8-12)19-15-6-5-11(9-18)7-14(15)16/h2-8,10,19H,1H3. The second-order valence-corrected chi connectivity index (χ2v) is 5.52. The van der Waals surface area contributed by atoms with Crippen molar-refractivity contribution in [3.8, 4) is 6.07 Å². The second-order valence-electron chi connectivity index (χ2n) is 4.23. The first-order valence-electron chi connectivity index (χ1n) is 5.82. The van der Waals surface area contributed by atoms with Crippen LogP contribution in [-0.2, 0) is 0 Å². The normalized spacial score (nSPS) is 11.7. The average Bonchev–Trinajstić information content (AvgIpc) is 2.41. The van der Waals surface area contributed by atoms with Gasteiger partial charge in [-0.3, -0.25) is 0 Å². The summed E-state index contributed by atoms with van der Waals surface area (Å²) in [6.45, 7) is 2.07. The summed E-state index contributed by atoms with van der Waals surface area (Å²) >= 11 is 9.45. The summed E-state index contributed by atoms with van der Waals surface area (Å²) in [7, 11) is 0. The van der Waals surface area contributed by atoms with Gasteiger partial charge < -0.3 is 5.32 Å². The maximum atomic E-state index is 8.84. The molecule has 0 aliphatic heterocycles. The van der Waals surface area contributed by atoms with Crippen LogP contribution in [0.15, 0.2) is 46.9 Å². The Labute approximate surface area is 126 Å². The molecule has 2 nitrogen and oxygen atoms in total. The number of hydrogen-bond donors (Lipinski definition) is 1. The summed E-state index contributed by atoms with van der Waals surface area (Å²) in [5.41, 5.74) is 2.70. The van der Waals surface area contributed by atoms with Gasteiger partial charge in [0.25, 0.3) is 0 Å². The fourth-order valence-corrected chi connectivity index (χ4v) is 2.49. The van der Waals surface area contributed by atoms with Crippen molar-refractivity contribution in [2.75, 3.05) is 5.32 Å². The van der Waals surface area contributed by atoms with Crippen molar-refractivity contribution in [3.63, 3.8) is 0 Å². The highest BCUT2D eigenvalue weighted by Crippen LogP contribution is 2.28. The minimum absolute atomic E-state index is 0.128. The van der Waals surface area contributed by atoms with Gasteiger partial charge in [-0.2, -0.15) is 5.26 Å². The van der Waals surface area contributed by atoms with Crippen LogP contribution in [0.3, 0.4) is 0 Å². The summed E-state index contributed by atoms with van der Waals surface area (Å²) in [5.74, 6) is 0. The van der Waals surface area contributed by atoms with Crippen LogP contribution < -0.4 is 5.32 Å². The van der Waals surface area contributed by atoms with Crippen LogP contribution in [0.1, 0.15) is 24.1 Å². The van der Waals surface area contributed by atoms with Crippen molar-refractivity contribution in [1.29, 1.82) is 5.26 Å². The van der Waals surface area contributed by atoms with E-state index in [0.29, 0.717) is 5.56 Å². The SMILES string of the molecule is CC(Nc1ccc(C#N)cc1Br)c1cccc(Cl)c1. The molecule has 0 radical (unpaired) electrons. The highest BCUT2D eigenvalue weighted by atomic mass is 79.9. The molecule has 0 spiro atoms. The lowest BCUT2D eigenvalue weighted by Gasteiger charge is -2.17. The predicted octanol–water partition coefficient (Wildman–Crippen LogP) is 5.15. The molecule has 19 heavy (non-hydrogen) atoms. The van der Waals surface area contributed by atoms with Crippen LogP contribution in [0.2, 0.25) is 5.02 Å². The van der Waals surface area contributed by atoms with E-state index in [1.165, 1.54) is 0 Å². The summed E-state index contributed by atoms with van der Waals surface area (Å²) in [5, 5.41) is 13.0. The topological polar surface area (TPSA) is 35.8 Å². The Kier molecular flexibility index (Phi) is 4.47. The van der Waals surface area contributed by atoms with E-state index in [4.69, 9.17) is 16.9 Å². The highest BCUT2D eigenvalue weighted by Gasteiger charge is 2.08. The molecule has 1 unspecified atom stereocenters. The first kappa shape index (κ1) is 13.9. The molecule has 4 heteroatoms. The van der Waals surface area contributed by atoms with E-state index < -0.39 is 0 Å². The largest absolute Gasteiger partial charge is 0.378 e. The number of nitrogens with one attached hydrogen (secondary N) is 1. The van der Waals surface area contributed by atoms with Gasteiger partial charge in [-0.1, -0.05) is 23.7 Å². The number of hydrogen-bond acceptors (Lipinski definition) is 2. The molecular weight excluding hydrogens is 324 g/mol. The molecule has 0 heterocycles. The van der Waals surface area contributed by atoms with E-state index in [2.05, 4.69) is 34.2 Å². The van der Waals surface area contributed by atoms with Gasteiger partial charge in [-0.15, -0.1) is 0 Å². The van der Waals surface area contributed by atoms with E-state index in [1.807, 2.05) is 30.3 Å².